The van der Waals surface area contributed by atoms with Gasteiger partial charge < -0.3 is 13.9 Å². The number of hydrogen-bond acceptors (Lipinski definition) is 5. The third-order valence-electron chi connectivity index (χ3n) is 5.53. The molecule has 0 amide bonds. The molecule has 170 valence electrons. The van der Waals surface area contributed by atoms with Gasteiger partial charge in [0.2, 0.25) is 0 Å². The van der Waals surface area contributed by atoms with Crippen molar-refractivity contribution in [2.24, 2.45) is 0 Å². The summed E-state index contributed by atoms with van der Waals surface area (Å²) in [6, 6.07) is 15.4. The number of esters is 1. The van der Waals surface area contributed by atoms with E-state index in [9.17, 15) is 9.59 Å². The Bertz CT molecular complexity index is 1270. The summed E-state index contributed by atoms with van der Waals surface area (Å²) < 4.78 is 15.8. The van der Waals surface area contributed by atoms with Crippen molar-refractivity contribution in [1.29, 1.82) is 0 Å². The van der Waals surface area contributed by atoms with Gasteiger partial charge in [-0.3, -0.25) is 4.79 Å². The maximum atomic E-state index is 13.1. The van der Waals surface area contributed by atoms with Crippen LogP contribution in [0.25, 0.3) is 33.0 Å². The van der Waals surface area contributed by atoms with Gasteiger partial charge in [-0.15, -0.1) is 0 Å². The molecule has 6 heteroatoms. The molecule has 2 aromatic rings. The van der Waals surface area contributed by atoms with E-state index < -0.39 is 5.97 Å². The van der Waals surface area contributed by atoms with Gasteiger partial charge in [-0.25, -0.2) is 4.79 Å². The van der Waals surface area contributed by atoms with Crippen LogP contribution in [0.2, 0.25) is 5.22 Å². The zero-order valence-electron chi connectivity index (χ0n) is 18.7. The van der Waals surface area contributed by atoms with Crippen LogP contribution in [0.5, 0.6) is 5.75 Å². The van der Waals surface area contributed by atoms with Gasteiger partial charge in [-0.05, 0) is 71.1 Å². The number of fused-ring (bicyclic) bond motifs is 2. The summed E-state index contributed by atoms with van der Waals surface area (Å²) >= 11 is 6.09. The van der Waals surface area contributed by atoms with Crippen LogP contribution >= 0.6 is 11.6 Å². The zero-order chi connectivity index (χ0) is 23.4. The third kappa shape index (κ3) is 5.04. The van der Waals surface area contributed by atoms with Crippen molar-refractivity contribution in [3.8, 4) is 28.0 Å². The molecule has 0 unspecified atom stereocenters. The number of benzene rings is 2. The monoisotopic (exact) mass is 464 g/mol. The molecule has 0 N–H and O–H groups in total. The first-order valence-electron chi connectivity index (χ1n) is 11.1. The van der Waals surface area contributed by atoms with Gasteiger partial charge in [0.25, 0.3) is 0 Å². The number of halogens is 1. The molecule has 4 rings (SSSR count). The summed E-state index contributed by atoms with van der Waals surface area (Å²) in [5, 5.41) is 2.21. The maximum Gasteiger partial charge on any atom is 0.344 e. The van der Waals surface area contributed by atoms with Crippen molar-refractivity contribution in [2.45, 2.75) is 33.1 Å². The Hall–Kier alpha value is -3.31. The first-order chi connectivity index (χ1) is 16.0. The zero-order valence-corrected chi connectivity index (χ0v) is 19.4. The van der Waals surface area contributed by atoms with Gasteiger partial charge in [0, 0.05) is 29.2 Å². The molecule has 1 aliphatic carbocycles. The molecule has 2 aromatic carbocycles. The molecule has 0 aromatic heterocycles. The van der Waals surface area contributed by atoms with E-state index in [1.807, 2.05) is 42.5 Å². The SMILES string of the molecule is CCCCC(=O)c1c(-c2ccc3cc(OCC(=O)OCC)ccc3c2)cc2coc(Cl)cc1-2. The van der Waals surface area contributed by atoms with E-state index in [1.165, 1.54) is 0 Å². The standard InChI is InChI=1S/C27H25ClO5/c1-3-5-6-24(29)27-22(13-20-15-33-25(28)14-23(20)27)19-8-7-18-12-21(10-9-17(18)11-19)32-16-26(30)31-4-2/h7-15H,3-6,16H2,1-2H3. The molecule has 2 aliphatic rings. The molecule has 0 bridgehead atoms. The normalized spacial score (nSPS) is 11.1. The summed E-state index contributed by atoms with van der Waals surface area (Å²) in [6.07, 6.45) is 3.86. The first kappa shape index (κ1) is 22.9. The number of rotatable bonds is 9. The second-order valence-electron chi connectivity index (χ2n) is 7.83. The van der Waals surface area contributed by atoms with E-state index in [1.54, 1.807) is 19.3 Å². The largest absolute Gasteiger partial charge is 0.482 e. The molecule has 0 spiro atoms. The van der Waals surface area contributed by atoms with Crippen LogP contribution in [0.4, 0.5) is 0 Å². The highest BCUT2D eigenvalue weighted by Crippen LogP contribution is 2.41. The Kier molecular flexibility index (Phi) is 6.99. The van der Waals surface area contributed by atoms with Gasteiger partial charge in [0.05, 0.1) is 6.61 Å². The van der Waals surface area contributed by atoms with Crippen molar-refractivity contribution in [3.05, 3.63) is 65.6 Å². The quantitative estimate of drug-likeness (QED) is 0.194. The van der Waals surface area contributed by atoms with E-state index in [4.69, 9.17) is 25.5 Å². The summed E-state index contributed by atoms with van der Waals surface area (Å²) in [7, 11) is 0. The Labute approximate surface area is 197 Å². The van der Waals surface area contributed by atoms with Crippen LogP contribution in [0.15, 0.2) is 59.2 Å². The maximum absolute atomic E-state index is 13.1. The van der Waals surface area contributed by atoms with Crippen molar-refractivity contribution in [1.82, 2.24) is 0 Å². The molecule has 5 nitrogen and oxygen atoms in total. The number of unbranched alkanes of at least 4 members (excludes halogenated alkanes) is 1. The van der Waals surface area contributed by atoms with E-state index >= 15 is 0 Å². The van der Waals surface area contributed by atoms with E-state index in [0.29, 0.717) is 24.3 Å². The topological polar surface area (TPSA) is 65.7 Å². The fraction of sp³-hybridized carbons (Fsp3) is 0.259. The molecule has 0 fully saturated rings. The number of ether oxygens (including phenoxy) is 2. The Morgan fingerprint density at radius 1 is 0.939 bits per heavy atom. The summed E-state index contributed by atoms with van der Waals surface area (Å²) in [5.74, 6) is 0.296. The third-order valence-corrected chi connectivity index (χ3v) is 5.72. The number of carbonyl (C=O) groups excluding carboxylic acids is 2. The second kappa shape index (κ2) is 10.1. The van der Waals surface area contributed by atoms with Crippen LogP contribution in [-0.4, -0.2) is 25.0 Å². The van der Waals surface area contributed by atoms with Crippen LogP contribution in [0.3, 0.4) is 0 Å². The van der Waals surface area contributed by atoms with Gasteiger partial charge in [-0.1, -0.05) is 31.5 Å². The van der Waals surface area contributed by atoms with Crippen LogP contribution in [-0.2, 0) is 9.53 Å². The van der Waals surface area contributed by atoms with E-state index in [2.05, 4.69) is 6.92 Å². The number of ketones is 1. The molecule has 0 saturated heterocycles. The van der Waals surface area contributed by atoms with Crippen molar-refractivity contribution in [2.75, 3.05) is 13.2 Å². The lowest BCUT2D eigenvalue weighted by Crippen LogP contribution is -2.14. The first-order valence-corrected chi connectivity index (χ1v) is 11.4. The summed E-state index contributed by atoms with van der Waals surface area (Å²) in [6.45, 7) is 4.02. The Morgan fingerprint density at radius 3 is 2.48 bits per heavy atom. The highest BCUT2D eigenvalue weighted by atomic mass is 35.5. The highest BCUT2D eigenvalue weighted by Gasteiger charge is 2.23. The predicted molar refractivity (Wildman–Crippen MR) is 129 cm³/mol. The summed E-state index contributed by atoms with van der Waals surface area (Å²) in [4.78, 5) is 24.7. The summed E-state index contributed by atoms with van der Waals surface area (Å²) in [5.41, 5.74) is 4.15. The fourth-order valence-electron chi connectivity index (χ4n) is 3.93. The van der Waals surface area contributed by atoms with Crippen LogP contribution in [0, 0.1) is 0 Å². The molecule has 1 aliphatic heterocycles. The van der Waals surface area contributed by atoms with Crippen molar-refractivity contribution in [3.63, 3.8) is 0 Å². The minimum atomic E-state index is -0.400. The van der Waals surface area contributed by atoms with Gasteiger partial charge >= 0.3 is 5.97 Å². The number of Topliss-reactive ketones (excluding diaryl/α,β-unsaturated/α-hetero) is 1. The minimum absolute atomic E-state index is 0.104. The lowest BCUT2D eigenvalue weighted by atomic mass is 9.95. The average Bonchev–Trinajstić information content (AvgIpc) is 3.19. The minimum Gasteiger partial charge on any atom is -0.482 e. The second-order valence-corrected chi connectivity index (χ2v) is 8.20. The lowest BCUT2D eigenvalue weighted by molar-refractivity contribution is -0.145. The number of carbonyl (C=O) groups is 2. The Balaban J connectivity index is 1.70. The molecular weight excluding hydrogens is 440 g/mol. The fourth-order valence-corrected chi connectivity index (χ4v) is 4.09. The van der Waals surface area contributed by atoms with Crippen molar-refractivity contribution >= 4 is 34.1 Å². The van der Waals surface area contributed by atoms with Crippen LogP contribution < -0.4 is 4.74 Å². The molecule has 1 heterocycles. The van der Waals surface area contributed by atoms with Gasteiger partial charge in [-0.2, -0.15) is 0 Å². The van der Waals surface area contributed by atoms with E-state index in [-0.39, 0.29) is 17.6 Å². The molecule has 0 radical (unpaired) electrons. The van der Waals surface area contributed by atoms with Crippen molar-refractivity contribution < 1.29 is 23.5 Å². The lowest BCUT2D eigenvalue weighted by Gasteiger charge is -2.09. The van der Waals surface area contributed by atoms with Gasteiger partial charge in [0.1, 0.15) is 12.0 Å². The molecule has 0 atom stereocenters. The molecular formula is C27H25ClO5. The number of hydrogen-bond donors (Lipinski definition) is 0. The predicted octanol–water partition coefficient (Wildman–Crippen LogP) is 7.17. The Morgan fingerprint density at radius 2 is 1.70 bits per heavy atom. The molecule has 0 saturated carbocycles. The van der Waals surface area contributed by atoms with Crippen LogP contribution in [0.1, 0.15) is 43.5 Å². The highest BCUT2D eigenvalue weighted by molar-refractivity contribution is 6.29. The molecule has 33 heavy (non-hydrogen) atoms. The smallest absolute Gasteiger partial charge is 0.344 e. The van der Waals surface area contributed by atoms with E-state index in [0.717, 1.165) is 45.9 Å². The average molecular weight is 465 g/mol. The van der Waals surface area contributed by atoms with Gasteiger partial charge in [0.15, 0.2) is 17.6 Å².